The molecule has 2 heterocycles. The molecule has 0 spiro atoms. The second kappa shape index (κ2) is 5.49. The molecule has 0 amide bonds. The fourth-order valence-electron chi connectivity index (χ4n) is 2.56. The summed E-state index contributed by atoms with van der Waals surface area (Å²) in [4.78, 5) is 9.39. The Labute approximate surface area is 129 Å². The average Bonchev–Trinajstić information content (AvgIpc) is 2.79. The molecule has 0 aliphatic heterocycles. The lowest BCUT2D eigenvalue weighted by molar-refractivity contribution is 0.897. The molecule has 21 heavy (non-hydrogen) atoms. The van der Waals surface area contributed by atoms with E-state index in [0.29, 0.717) is 5.88 Å². The van der Waals surface area contributed by atoms with E-state index in [2.05, 4.69) is 41.6 Å². The molecule has 3 nitrogen and oxygen atoms in total. The maximum absolute atomic E-state index is 5.95. The third-order valence-electron chi connectivity index (χ3n) is 3.64. The van der Waals surface area contributed by atoms with E-state index in [1.165, 1.54) is 11.1 Å². The van der Waals surface area contributed by atoms with Gasteiger partial charge in [0.05, 0.1) is 5.69 Å². The van der Waals surface area contributed by atoms with E-state index in [1.807, 2.05) is 19.1 Å². The Bertz CT molecular complexity index is 805. The first-order valence-corrected chi connectivity index (χ1v) is 7.62. The fraction of sp³-hybridized carbons (Fsp3) is 0.294. The van der Waals surface area contributed by atoms with Crippen molar-refractivity contribution in [3.05, 3.63) is 53.0 Å². The first-order valence-electron chi connectivity index (χ1n) is 7.08. The molecule has 1 aromatic carbocycles. The maximum atomic E-state index is 5.95. The number of aryl methyl sites for hydroxylation is 4. The number of alkyl halides is 1. The van der Waals surface area contributed by atoms with Gasteiger partial charge in [-0.3, -0.25) is 4.57 Å². The first-order chi connectivity index (χ1) is 10.1. The van der Waals surface area contributed by atoms with E-state index >= 15 is 0 Å². The van der Waals surface area contributed by atoms with Gasteiger partial charge in [-0.1, -0.05) is 12.1 Å². The van der Waals surface area contributed by atoms with Crippen LogP contribution in [0.5, 0.6) is 0 Å². The Morgan fingerprint density at radius 2 is 1.86 bits per heavy atom. The van der Waals surface area contributed by atoms with Crippen molar-refractivity contribution in [1.29, 1.82) is 0 Å². The zero-order valence-corrected chi connectivity index (χ0v) is 13.3. The average molecular weight is 300 g/mol. The highest BCUT2D eigenvalue weighted by atomic mass is 35.5. The van der Waals surface area contributed by atoms with Crippen molar-refractivity contribution >= 4 is 22.8 Å². The van der Waals surface area contributed by atoms with E-state index in [0.717, 1.165) is 34.8 Å². The van der Waals surface area contributed by atoms with Crippen molar-refractivity contribution in [2.75, 3.05) is 5.88 Å². The van der Waals surface area contributed by atoms with Gasteiger partial charge in [0.15, 0.2) is 5.65 Å². The Morgan fingerprint density at radius 3 is 2.62 bits per heavy atom. The summed E-state index contributed by atoms with van der Waals surface area (Å²) in [7, 11) is 0. The second-order valence-corrected chi connectivity index (χ2v) is 5.77. The smallest absolute Gasteiger partial charge is 0.164 e. The van der Waals surface area contributed by atoms with Crippen LogP contribution in [0.3, 0.4) is 0 Å². The number of rotatable bonds is 3. The lowest BCUT2D eigenvalue weighted by Crippen LogP contribution is -2.05. The highest BCUT2D eigenvalue weighted by Crippen LogP contribution is 2.24. The van der Waals surface area contributed by atoms with Crippen LogP contribution in [0, 0.1) is 20.8 Å². The van der Waals surface area contributed by atoms with Gasteiger partial charge in [0.2, 0.25) is 0 Å². The minimum Gasteiger partial charge on any atom is -0.280 e. The number of benzene rings is 1. The van der Waals surface area contributed by atoms with Crippen molar-refractivity contribution < 1.29 is 0 Å². The van der Waals surface area contributed by atoms with Crippen LogP contribution in [-0.4, -0.2) is 20.4 Å². The van der Waals surface area contributed by atoms with Crippen LogP contribution < -0.4 is 0 Å². The number of aromatic nitrogens is 3. The summed E-state index contributed by atoms with van der Waals surface area (Å²) in [6.45, 7) is 6.21. The van der Waals surface area contributed by atoms with Crippen molar-refractivity contribution in [2.24, 2.45) is 0 Å². The van der Waals surface area contributed by atoms with E-state index in [1.54, 1.807) is 0 Å². The summed E-state index contributed by atoms with van der Waals surface area (Å²) in [5.41, 5.74) is 6.38. The molecule has 2 aromatic heterocycles. The number of hydrogen-bond donors (Lipinski definition) is 0. The van der Waals surface area contributed by atoms with Crippen molar-refractivity contribution in [2.45, 2.75) is 27.2 Å². The number of halogens is 1. The summed E-state index contributed by atoms with van der Waals surface area (Å²) in [6, 6.07) is 10.5. The summed E-state index contributed by atoms with van der Waals surface area (Å²) in [5.74, 6) is 1.51. The van der Waals surface area contributed by atoms with E-state index in [4.69, 9.17) is 16.6 Å². The van der Waals surface area contributed by atoms with Gasteiger partial charge in [0.25, 0.3) is 0 Å². The zero-order chi connectivity index (χ0) is 15.0. The molecule has 3 aromatic rings. The van der Waals surface area contributed by atoms with Crippen LogP contribution in [0.25, 0.3) is 16.9 Å². The summed E-state index contributed by atoms with van der Waals surface area (Å²) in [5, 5.41) is 0. The molecule has 0 aliphatic carbocycles. The van der Waals surface area contributed by atoms with Crippen LogP contribution in [-0.2, 0) is 6.42 Å². The fourth-order valence-corrected chi connectivity index (χ4v) is 2.73. The predicted octanol–water partition coefficient (Wildman–Crippen LogP) is 4.13. The molecule has 0 radical (unpaired) electrons. The molecule has 0 unspecified atom stereocenters. The van der Waals surface area contributed by atoms with E-state index < -0.39 is 0 Å². The summed E-state index contributed by atoms with van der Waals surface area (Å²) >= 11 is 5.95. The number of nitrogens with zero attached hydrogens (tertiary/aromatic N) is 3. The third kappa shape index (κ3) is 2.54. The number of hydrogen-bond acceptors (Lipinski definition) is 2. The van der Waals surface area contributed by atoms with Crippen molar-refractivity contribution in [3.63, 3.8) is 0 Å². The largest absolute Gasteiger partial charge is 0.280 e. The van der Waals surface area contributed by atoms with Crippen LogP contribution in [0.4, 0.5) is 0 Å². The topological polar surface area (TPSA) is 30.7 Å². The molecule has 0 atom stereocenters. The Kier molecular flexibility index (Phi) is 3.68. The van der Waals surface area contributed by atoms with Crippen LogP contribution in [0.15, 0.2) is 30.3 Å². The van der Waals surface area contributed by atoms with Gasteiger partial charge in [-0.25, -0.2) is 9.97 Å². The van der Waals surface area contributed by atoms with Gasteiger partial charge < -0.3 is 0 Å². The third-order valence-corrected chi connectivity index (χ3v) is 3.83. The highest BCUT2D eigenvalue weighted by Gasteiger charge is 2.15. The molecular weight excluding hydrogens is 282 g/mol. The quantitative estimate of drug-likeness (QED) is 0.681. The van der Waals surface area contributed by atoms with Crippen molar-refractivity contribution in [3.8, 4) is 5.69 Å². The van der Waals surface area contributed by atoms with Crippen LogP contribution in [0.2, 0.25) is 0 Å². The lowest BCUT2D eigenvalue weighted by Gasteiger charge is -2.12. The maximum Gasteiger partial charge on any atom is 0.164 e. The lowest BCUT2D eigenvalue weighted by atomic mass is 10.1. The highest BCUT2D eigenvalue weighted by molar-refractivity contribution is 6.17. The van der Waals surface area contributed by atoms with Crippen LogP contribution in [0.1, 0.15) is 22.6 Å². The predicted molar refractivity (Wildman–Crippen MR) is 87.5 cm³/mol. The number of imidazole rings is 1. The molecule has 0 saturated carbocycles. The molecule has 4 heteroatoms. The standard InChI is InChI=1S/C17H18ClN3/c1-11-4-5-12(2)15(10-11)21-16(8-9-18)20-14-7-6-13(3)19-17(14)21/h4-7,10H,8-9H2,1-3H3. The second-order valence-electron chi connectivity index (χ2n) is 5.39. The van der Waals surface area contributed by atoms with Gasteiger partial charge in [0, 0.05) is 18.0 Å². The molecule has 0 bridgehead atoms. The van der Waals surface area contributed by atoms with Gasteiger partial charge >= 0.3 is 0 Å². The van der Waals surface area contributed by atoms with Gasteiger partial charge in [-0.15, -0.1) is 11.6 Å². The summed E-state index contributed by atoms with van der Waals surface area (Å²) < 4.78 is 2.15. The Balaban J connectivity index is 2.35. The monoisotopic (exact) mass is 299 g/mol. The Hall–Kier alpha value is -1.87. The minimum atomic E-state index is 0.549. The first kappa shape index (κ1) is 14.1. The Morgan fingerprint density at radius 1 is 1.05 bits per heavy atom. The molecule has 0 fully saturated rings. The molecule has 108 valence electrons. The molecule has 0 saturated heterocycles. The molecule has 0 aliphatic rings. The molecular formula is C17H18ClN3. The van der Waals surface area contributed by atoms with Crippen molar-refractivity contribution in [1.82, 2.24) is 14.5 Å². The number of pyridine rings is 1. The number of fused-ring (bicyclic) bond motifs is 1. The normalized spacial score (nSPS) is 11.2. The minimum absolute atomic E-state index is 0.549. The SMILES string of the molecule is Cc1ccc(C)c(-n2c(CCCl)nc3ccc(C)nc32)c1. The van der Waals surface area contributed by atoms with Gasteiger partial charge in [-0.05, 0) is 50.1 Å². The summed E-state index contributed by atoms with van der Waals surface area (Å²) in [6.07, 6.45) is 0.727. The van der Waals surface area contributed by atoms with Gasteiger partial charge in [-0.2, -0.15) is 0 Å². The zero-order valence-electron chi connectivity index (χ0n) is 12.5. The molecule has 0 N–H and O–H groups in total. The molecule has 3 rings (SSSR count). The van der Waals surface area contributed by atoms with E-state index in [9.17, 15) is 0 Å². The van der Waals surface area contributed by atoms with Crippen LogP contribution >= 0.6 is 11.6 Å². The van der Waals surface area contributed by atoms with E-state index in [-0.39, 0.29) is 0 Å². The van der Waals surface area contributed by atoms with Gasteiger partial charge in [0.1, 0.15) is 11.3 Å².